The molecule has 0 spiro atoms. The number of hydrogen-bond acceptors (Lipinski definition) is 2. The molecule has 2 aliphatic rings. The molecule has 0 fully saturated rings. The molecular formula is C42H28N2O. The lowest BCUT2D eigenvalue weighted by molar-refractivity contribution is 0.669. The quantitative estimate of drug-likeness (QED) is 0.204. The third-order valence-corrected chi connectivity index (χ3v) is 9.73. The van der Waals surface area contributed by atoms with Gasteiger partial charge in [0.15, 0.2) is 0 Å². The molecule has 3 nitrogen and oxygen atoms in total. The van der Waals surface area contributed by atoms with Crippen LogP contribution in [0.3, 0.4) is 0 Å². The first kappa shape index (κ1) is 24.6. The Labute approximate surface area is 260 Å². The van der Waals surface area contributed by atoms with Gasteiger partial charge in [0, 0.05) is 27.8 Å². The topological polar surface area (TPSA) is 21.3 Å². The predicted octanol–water partition coefficient (Wildman–Crippen LogP) is 10.9. The Morgan fingerprint density at radius 1 is 0.556 bits per heavy atom. The van der Waals surface area contributed by atoms with Crippen LogP contribution < -0.4 is 4.90 Å². The Balaban J connectivity index is 1.22. The van der Waals surface area contributed by atoms with E-state index in [0.29, 0.717) is 0 Å². The molecule has 2 aromatic heterocycles. The molecule has 1 aliphatic heterocycles. The van der Waals surface area contributed by atoms with Crippen LogP contribution in [0, 0.1) is 0 Å². The molecule has 2 unspecified atom stereocenters. The molecule has 10 rings (SSSR count). The molecule has 0 amide bonds. The number of para-hydroxylation sites is 3. The van der Waals surface area contributed by atoms with Crippen molar-refractivity contribution in [1.82, 2.24) is 4.57 Å². The Bertz CT molecular complexity index is 2480. The van der Waals surface area contributed by atoms with E-state index in [9.17, 15) is 0 Å². The molecule has 2 atom stereocenters. The highest BCUT2D eigenvalue weighted by Crippen LogP contribution is 2.49. The first-order valence-electron chi connectivity index (χ1n) is 15.6. The van der Waals surface area contributed by atoms with Crippen molar-refractivity contribution in [3.05, 3.63) is 168 Å². The van der Waals surface area contributed by atoms with Gasteiger partial charge < -0.3 is 9.32 Å². The van der Waals surface area contributed by atoms with Crippen molar-refractivity contribution < 1.29 is 4.42 Å². The van der Waals surface area contributed by atoms with E-state index in [0.717, 1.165) is 21.9 Å². The predicted molar refractivity (Wildman–Crippen MR) is 186 cm³/mol. The summed E-state index contributed by atoms with van der Waals surface area (Å²) in [5, 5.41) is 3.53. The Kier molecular flexibility index (Phi) is 5.11. The lowest BCUT2D eigenvalue weighted by atomic mass is 9.78. The summed E-state index contributed by atoms with van der Waals surface area (Å²) in [6.45, 7) is 0. The molecule has 6 aromatic carbocycles. The van der Waals surface area contributed by atoms with Gasteiger partial charge in [-0.05, 0) is 76.3 Å². The summed E-state index contributed by atoms with van der Waals surface area (Å²) in [6, 6.07) is 52.9. The second kappa shape index (κ2) is 9.35. The van der Waals surface area contributed by atoms with Gasteiger partial charge in [-0.15, -0.1) is 0 Å². The van der Waals surface area contributed by atoms with Crippen LogP contribution in [0.15, 0.2) is 156 Å². The molecule has 1 aliphatic carbocycles. The molecule has 0 bridgehead atoms. The van der Waals surface area contributed by atoms with Crippen LogP contribution in [0.5, 0.6) is 0 Å². The third-order valence-electron chi connectivity index (χ3n) is 9.73. The van der Waals surface area contributed by atoms with Crippen LogP contribution in [0.4, 0.5) is 11.5 Å². The lowest BCUT2D eigenvalue weighted by Crippen LogP contribution is -2.36. The zero-order valence-electron chi connectivity index (χ0n) is 24.5. The fraction of sp³-hybridized carbons (Fsp3) is 0.0476. The van der Waals surface area contributed by atoms with Crippen molar-refractivity contribution in [3.8, 4) is 16.8 Å². The fourth-order valence-corrected chi connectivity index (χ4v) is 7.75. The number of fused-ring (bicyclic) bond motifs is 12. The first-order valence-corrected chi connectivity index (χ1v) is 15.6. The molecule has 3 heterocycles. The minimum atomic E-state index is 0.0853. The maximum Gasteiger partial charge on any atom is 0.135 e. The Morgan fingerprint density at radius 2 is 1.33 bits per heavy atom. The molecule has 0 N–H and O–H groups in total. The molecule has 8 aromatic rings. The number of hydrogen-bond donors (Lipinski definition) is 0. The maximum absolute atomic E-state index is 6.14. The van der Waals surface area contributed by atoms with Crippen LogP contribution >= 0.6 is 0 Å². The molecule has 0 radical (unpaired) electrons. The minimum Gasteiger partial charge on any atom is -0.456 e. The van der Waals surface area contributed by atoms with Gasteiger partial charge >= 0.3 is 0 Å². The Hall–Kier alpha value is -5.80. The monoisotopic (exact) mass is 576 g/mol. The average molecular weight is 577 g/mol. The summed E-state index contributed by atoms with van der Waals surface area (Å²) in [7, 11) is 0. The second-order valence-electron chi connectivity index (χ2n) is 12.1. The Morgan fingerprint density at radius 3 is 2.31 bits per heavy atom. The van der Waals surface area contributed by atoms with Gasteiger partial charge in [-0.3, -0.25) is 4.57 Å². The number of nitrogens with zero attached hydrogens (tertiary/aromatic N) is 2. The number of benzene rings is 6. The summed E-state index contributed by atoms with van der Waals surface area (Å²) in [4.78, 5) is 2.56. The molecule has 212 valence electrons. The van der Waals surface area contributed by atoms with E-state index in [1.165, 1.54) is 55.9 Å². The number of anilines is 2. The zero-order chi connectivity index (χ0) is 29.5. The first-order chi connectivity index (χ1) is 22.3. The minimum absolute atomic E-state index is 0.0853. The van der Waals surface area contributed by atoms with Crippen molar-refractivity contribution in [2.45, 2.75) is 12.0 Å². The zero-order valence-corrected chi connectivity index (χ0v) is 24.5. The standard InChI is InChI=1S/C42H28N2O/c1-3-14-32-27(10-1)20-22-38-42(32)34-16-4-7-18-37(34)44-36-17-6-2-11-30(36)26-41(44)43(38)31-13-9-12-28(24-31)29-21-23-40-35(25-29)33-15-5-8-19-39(33)45-40/h1-26,38,42H. The highest BCUT2D eigenvalue weighted by molar-refractivity contribution is 6.06. The highest BCUT2D eigenvalue weighted by atomic mass is 16.3. The van der Waals surface area contributed by atoms with Crippen LogP contribution in [0.1, 0.15) is 22.6 Å². The van der Waals surface area contributed by atoms with E-state index in [2.05, 4.69) is 155 Å². The molecular weight excluding hydrogens is 548 g/mol. The lowest BCUT2D eigenvalue weighted by Gasteiger charge is -2.38. The molecule has 45 heavy (non-hydrogen) atoms. The van der Waals surface area contributed by atoms with Gasteiger partial charge in [0.05, 0.1) is 17.2 Å². The largest absolute Gasteiger partial charge is 0.456 e. The summed E-state index contributed by atoms with van der Waals surface area (Å²) < 4.78 is 8.61. The summed E-state index contributed by atoms with van der Waals surface area (Å²) in [6.07, 6.45) is 4.72. The van der Waals surface area contributed by atoms with Gasteiger partial charge in [0.25, 0.3) is 0 Å². The van der Waals surface area contributed by atoms with E-state index >= 15 is 0 Å². The van der Waals surface area contributed by atoms with Gasteiger partial charge in [0.2, 0.25) is 0 Å². The van der Waals surface area contributed by atoms with Gasteiger partial charge in [-0.25, -0.2) is 0 Å². The van der Waals surface area contributed by atoms with Crippen molar-refractivity contribution in [3.63, 3.8) is 0 Å². The second-order valence-corrected chi connectivity index (χ2v) is 12.1. The summed E-state index contributed by atoms with van der Waals surface area (Å²) in [5.41, 5.74) is 11.8. The van der Waals surface area contributed by atoms with Crippen LogP contribution in [-0.4, -0.2) is 10.6 Å². The third kappa shape index (κ3) is 3.58. The highest BCUT2D eigenvalue weighted by Gasteiger charge is 2.39. The van der Waals surface area contributed by atoms with Crippen molar-refractivity contribution in [1.29, 1.82) is 0 Å². The summed E-state index contributed by atoms with van der Waals surface area (Å²) in [5.74, 6) is 1.34. The van der Waals surface area contributed by atoms with Crippen molar-refractivity contribution in [2.24, 2.45) is 0 Å². The maximum atomic E-state index is 6.14. The smallest absolute Gasteiger partial charge is 0.135 e. The van der Waals surface area contributed by atoms with Crippen LogP contribution in [0.2, 0.25) is 0 Å². The average Bonchev–Trinajstić information content (AvgIpc) is 3.63. The SMILES string of the molecule is C1=CC2C(c3ccccc31)c1ccccc1-n1c(cc3ccccc31)N2c1cccc(-c2ccc3oc4ccccc4c3c2)c1. The number of furan rings is 1. The van der Waals surface area contributed by atoms with Gasteiger partial charge in [-0.2, -0.15) is 0 Å². The fourth-order valence-electron chi connectivity index (χ4n) is 7.75. The summed E-state index contributed by atoms with van der Waals surface area (Å²) >= 11 is 0. The normalized spacial score (nSPS) is 16.8. The molecule has 3 heteroatoms. The van der Waals surface area contributed by atoms with Crippen molar-refractivity contribution in [2.75, 3.05) is 4.90 Å². The van der Waals surface area contributed by atoms with E-state index in [4.69, 9.17) is 4.42 Å². The van der Waals surface area contributed by atoms with Gasteiger partial charge in [0.1, 0.15) is 17.0 Å². The number of rotatable bonds is 2. The van der Waals surface area contributed by atoms with E-state index in [-0.39, 0.29) is 12.0 Å². The van der Waals surface area contributed by atoms with Gasteiger partial charge in [-0.1, -0.05) is 109 Å². The molecule has 0 saturated carbocycles. The van der Waals surface area contributed by atoms with Crippen LogP contribution in [-0.2, 0) is 0 Å². The van der Waals surface area contributed by atoms with Crippen LogP contribution in [0.25, 0.3) is 55.7 Å². The van der Waals surface area contributed by atoms with E-state index in [1.807, 2.05) is 12.1 Å². The van der Waals surface area contributed by atoms with E-state index < -0.39 is 0 Å². The van der Waals surface area contributed by atoms with E-state index in [1.54, 1.807) is 0 Å². The number of aromatic nitrogens is 1. The molecule has 0 saturated heterocycles. The van der Waals surface area contributed by atoms with Crippen molar-refractivity contribution >= 4 is 50.4 Å².